The van der Waals surface area contributed by atoms with E-state index in [0.29, 0.717) is 25.5 Å². The van der Waals surface area contributed by atoms with Crippen molar-refractivity contribution in [2.75, 3.05) is 33.3 Å². The third kappa shape index (κ3) is 3.79. The summed E-state index contributed by atoms with van der Waals surface area (Å²) in [5, 5.41) is 3.18. The number of nitrogens with zero attached hydrogens (tertiary/aromatic N) is 2. The van der Waals surface area contributed by atoms with Crippen molar-refractivity contribution in [3.05, 3.63) is 18.3 Å². The number of nitrogens with one attached hydrogen (secondary N) is 1. The van der Waals surface area contributed by atoms with Crippen LogP contribution in [0.3, 0.4) is 0 Å². The van der Waals surface area contributed by atoms with Crippen molar-refractivity contribution in [3.63, 3.8) is 0 Å². The van der Waals surface area contributed by atoms with Crippen LogP contribution in [0.5, 0.6) is 5.88 Å². The molecule has 0 atom stereocenters. The normalized spacial score (nSPS) is 17.3. The molecule has 1 saturated heterocycles. The van der Waals surface area contributed by atoms with Crippen molar-refractivity contribution in [2.24, 2.45) is 0 Å². The molecule has 0 aliphatic carbocycles. The van der Waals surface area contributed by atoms with E-state index in [9.17, 15) is 8.42 Å². The van der Waals surface area contributed by atoms with Gasteiger partial charge in [0.05, 0.1) is 13.3 Å². The van der Waals surface area contributed by atoms with E-state index in [1.54, 1.807) is 6.07 Å². The van der Waals surface area contributed by atoms with Gasteiger partial charge in [-0.3, -0.25) is 0 Å². The Morgan fingerprint density at radius 3 is 2.74 bits per heavy atom. The van der Waals surface area contributed by atoms with E-state index in [4.69, 9.17) is 4.74 Å². The van der Waals surface area contributed by atoms with Gasteiger partial charge in [0.15, 0.2) is 0 Å². The lowest BCUT2D eigenvalue weighted by Gasteiger charge is -2.19. The van der Waals surface area contributed by atoms with E-state index in [1.165, 1.54) is 23.7 Å². The zero-order valence-corrected chi connectivity index (χ0v) is 12.3. The second kappa shape index (κ2) is 7.04. The summed E-state index contributed by atoms with van der Waals surface area (Å²) in [5.74, 6) is 0.409. The predicted octanol–water partition coefficient (Wildman–Crippen LogP) is 0.496. The maximum atomic E-state index is 12.4. The maximum absolute atomic E-state index is 12.4. The molecule has 0 saturated carbocycles. The molecule has 0 radical (unpaired) electrons. The van der Waals surface area contributed by atoms with E-state index in [0.717, 1.165) is 13.0 Å². The maximum Gasteiger partial charge on any atom is 0.244 e. The zero-order chi connectivity index (χ0) is 13.0. The Kier molecular flexibility index (Phi) is 5.99. The van der Waals surface area contributed by atoms with Crippen LogP contribution in [0, 0.1) is 0 Å². The van der Waals surface area contributed by atoms with Crippen molar-refractivity contribution in [1.82, 2.24) is 14.6 Å². The molecular weight excluding hydrogens is 290 g/mol. The molecule has 0 amide bonds. The molecule has 108 valence electrons. The molecule has 0 bridgehead atoms. The van der Waals surface area contributed by atoms with Gasteiger partial charge in [-0.05, 0) is 19.0 Å². The minimum atomic E-state index is -3.44. The first-order chi connectivity index (χ1) is 8.64. The van der Waals surface area contributed by atoms with E-state index in [-0.39, 0.29) is 17.3 Å². The third-order valence-corrected chi connectivity index (χ3v) is 4.74. The van der Waals surface area contributed by atoms with Crippen LogP contribution >= 0.6 is 12.4 Å². The minimum absolute atomic E-state index is 0. The molecule has 8 heteroatoms. The fraction of sp³-hybridized carbons (Fsp3) is 0.545. The van der Waals surface area contributed by atoms with Crippen LogP contribution in [-0.4, -0.2) is 51.0 Å². The van der Waals surface area contributed by atoms with Crippen LogP contribution in [0.15, 0.2) is 23.2 Å². The Morgan fingerprint density at radius 2 is 2.11 bits per heavy atom. The minimum Gasteiger partial charge on any atom is -0.481 e. The van der Waals surface area contributed by atoms with Gasteiger partial charge in [0.2, 0.25) is 15.9 Å². The highest BCUT2D eigenvalue weighted by molar-refractivity contribution is 7.89. The lowest BCUT2D eigenvalue weighted by Crippen LogP contribution is -2.34. The summed E-state index contributed by atoms with van der Waals surface area (Å²) in [7, 11) is -1.94. The van der Waals surface area contributed by atoms with Gasteiger partial charge in [-0.1, -0.05) is 0 Å². The number of pyridine rings is 1. The molecule has 1 aliphatic heterocycles. The highest BCUT2D eigenvalue weighted by Gasteiger charge is 2.25. The SMILES string of the molecule is COc1ccc(S(=O)(=O)N2CCCNCC2)cn1.Cl. The number of ether oxygens (including phenoxy) is 1. The zero-order valence-electron chi connectivity index (χ0n) is 10.7. The van der Waals surface area contributed by atoms with Crippen LogP contribution in [0.2, 0.25) is 0 Å². The molecular formula is C11H18ClN3O3S. The standard InChI is InChI=1S/C11H17N3O3S.ClH/c1-17-11-4-3-10(9-13-11)18(15,16)14-7-2-5-12-6-8-14;/h3-4,9,12H,2,5-8H2,1H3;1H. The van der Waals surface area contributed by atoms with Crippen molar-refractivity contribution in [2.45, 2.75) is 11.3 Å². The van der Waals surface area contributed by atoms with Crippen LogP contribution in [0.1, 0.15) is 6.42 Å². The second-order valence-electron chi connectivity index (χ2n) is 4.04. The average Bonchev–Trinajstić information content (AvgIpc) is 2.68. The Bertz CT molecular complexity index is 484. The summed E-state index contributed by atoms with van der Waals surface area (Å²) >= 11 is 0. The van der Waals surface area contributed by atoms with E-state index < -0.39 is 10.0 Å². The first kappa shape index (κ1) is 16.2. The summed E-state index contributed by atoms with van der Waals surface area (Å²) in [5.41, 5.74) is 0. The summed E-state index contributed by atoms with van der Waals surface area (Å²) in [6.07, 6.45) is 2.16. The Morgan fingerprint density at radius 1 is 1.32 bits per heavy atom. The smallest absolute Gasteiger partial charge is 0.244 e. The van der Waals surface area contributed by atoms with Gasteiger partial charge >= 0.3 is 0 Å². The van der Waals surface area contributed by atoms with Crippen LogP contribution < -0.4 is 10.1 Å². The van der Waals surface area contributed by atoms with E-state index in [2.05, 4.69) is 10.3 Å². The number of aromatic nitrogens is 1. The number of rotatable bonds is 3. The molecule has 1 aliphatic rings. The van der Waals surface area contributed by atoms with Gasteiger partial charge in [0.25, 0.3) is 0 Å². The molecule has 2 rings (SSSR count). The molecule has 0 spiro atoms. The molecule has 1 aromatic rings. The van der Waals surface area contributed by atoms with Gasteiger partial charge in [-0.2, -0.15) is 4.31 Å². The van der Waals surface area contributed by atoms with Gasteiger partial charge in [0.1, 0.15) is 4.90 Å². The Hall–Kier alpha value is -0.890. The van der Waals surface area contributed by atoms with Crippen molar-refractivity contribution in [1.29, 1.82) is 0 Å². The Labute approximate surface area is 119 Å². The van der Waals surface area contributed by atoms with Gasteiger partial charge in [0, 0.05) is 25.7 Å². The Balaban J connectivity index is 0.00000180. The van der Waals surface area contributed by atoms with Crippen molar-refractivity contribution in [3.8, 4) is 5.88 Å². The number of methoxy groups -OCH3 is 1. The number of halogens is 1. The van der Waals surface area contributed by atoms with E-state index >= 15 is 0 Å². The van der Waals surface area contributed by atoms with Crippen LogP contribution in [-0.2, 0) is 10.0 Å². The van der Waals surface area contributed by atoms with Gasteiger partial charge < -0.3 is 10.1 Å². The molecule has 0 unspecified atom stereocenters. The first-order valence-electron chi connectivity index (χ1n) is 5.85. The summed E-state index contributed by atoms with van der Waals surface area (Å²) in [6, 6.07) is 3.09. The van der Waals surface area contributed by atoms with Gasteiger partial charge in [-0.25, -0.2) is 13.4 Å². The van der Waals surface area contributed by atoms with Crippen molar-refractivity contribution >= 4 is 22.4 Å². The van der Waals surface area contributed by atoms with Crippen LogP contribution in [0.4, 0.5) is 0 Å². The average molecular weight is 308 g/mol. The molecule has 0 aromatic carbocycles. The molecule has 1 aromatic heterocycles. The number of hydrogen-bond donors (Lipinski definition) is 1. The summed E-state index contributed by atoms with van der Waals surface area (Å²) in [6.45, 7) is 2.57. The highest BCUT2D eigenvalue weighted by Crippen LogP contribution is 2.17. The molecule has 6 nitrogen and oxygen atoms in total. The van der Waals surface area contributed by atoms with Crippen LogP contribution in [0.25, 0.3) is 0 Å². The lowest BCUT2D eigenvalue weighted by molar-refractivity contribution is 0.396. The van der Waals surface area contributed by atoms with E-state index in [1.807, 2.05) is 0 Å². The first-order valence-corrected chi connectivity index (χ1v) is 7.29. The fourth-order valence-electron chi connectivity index (χ4n) is 1.85. The predicted molar refractivity (Wildman–Crippen MR) is 74.3 cm³/mol. The largest absolute Gasteiger partial charge is 0.481 e. The van der Waals surface area contributed by atoms with Crippen molar-refractivity contribution < 1.29 is 13.2 Å². The molecule has 1 N–H and O–H groups in total. The highest BCUT2D eigenvalue weighted by atomic mass is 35.5. The lowest BCUT2D eigenvalue weighted by atomic mass is 10.4. The van der Waals surface area contributed by atoms with Gasteiger partial charge in [-0.15, -0.1) is 12.4 Å². The molecule has 19 heavy (non-hydrogen) atoms. The molecule has 1 fully saturated rings. The summed E-state index contributed by atoms with van der Waals surface area (Å²) in [4.78, 5) is 4.15. The number of sulfonamides is 1. The summed E-state index contributed by atoms with van der Waals surface area (Å²) < 4.78 is 31.1. The monoisotopic (exact) mass is 307 g/mol. The topological polar surface area (TPSA) is 71.5 Å². The second-order valence-corrected chi connectivity index (χ2v) is 5.98. The fourth-order valence-corrected chi connectivity index (χ4v) is 3.28. The molecule has 2 heterocycles. The number of hydrogen-bond acceptors (Lipinski definition) is 5. The third-order valence-electron chi connectivity index (χ3n) is 2.86. The quantitative estimate of drug-likeness (QED) is 0.880.